The first-order chi connectivity index (χ1) is 37.9. The molecule has 0 saturated carbocycles. The molecule has 14 heteroatoms. The van der Waals surface area contributed by atoms with Gasteiger partial charge in [-0.05, 0) is 155 Å². The third kappa shape index (κ3) is 9.45. The topological polar surface area (TPSA) is 130 Å². The van der Waals surface area contributed by atoms with Crippen LogP contribution in [-0.4, -0.2) is 147 Å². The summed E-state index contributed by atoms with van der Waals surface area (Å²) in [6.45, 7) is 13.9. The Hall–Kier alpha value is -7.36. The predicted octanol–water partition coefficient (Wildman–Crippen LogP) is 10.8. The van der Waals surface area contributed by atoms with Crippen LogP contribution in [-0.2, 0) is 13.1 Å². The van der Waals surface area contributed by atoms with Crippen LogP contribution >= 0.6 is 0 Å². The molecule has 77 heavy (non-hydrogen) atoms. The standard InChI is InChI=1S/C63H70N14/c1-72-22-25-76(26-23-72)59-11-9-10-54-49(59)32-57(69-54)47-14-16-66-61-48(47)30-44(45-28-42(34-64-36-45)39-74-18-5-3-6-19-74)31-51(61)60-41-77(27-24-73(60)2)63-50-33-58(70-55(50)15-17-67-63)52-38-68-56-13-12-53(71-62(52)56)46-29-43(35-65-37-46)40-75-20-7-4-8-21-75/h9-15,17,28-38,60,66,68-70H,3-8,16,18-27,39-41H2,1-2H3. The highest BCUT2D eigenvalue weighted by Crippen LogP contribution is 2.45. The maximum atomic E-state index is 5.30. The molecule has 12 heterocycles. The molecule has 7 aromatic heterocycles. The molecular weight excluding hydrogens is 953 g/mol. The van der Waals surface area contributed by atoms with E-state index in [-0.39, 0.29) is 6.04 Å². The van der Waals surface area contributed by atoms with Gasteiger partial charge in [-0.15, -0.1) is 0 Å². The van der Waals surface area contributed by atoms with E-state index < -0.39 is 0 Å². The second-order valence-corrected chi connectivity index (χ2v) is 22.6. The number of nitrogens with one attached hydrogen (secondary N) is 4. The first-order valence-corrected chi connectivity index (χ1v) is 28.3. The zero-order chi connectivity index (χ0) is 51.4. The Bertz CT molecular complexity index is 3640. The van der Waals surface area contributed by atoms with Crippen LogP contribution in [0.4, 0.5) is 17.2 Å². The van der Waals surface area contributed by atoms with Gasteiger partial charge in [-0.3, -0.25) is 24.7 Å². The smallest absolute Gasteiger partial charge is 0.138 e. The number of likely N-dealkylation sites (N-methyl/N-ethyl adjacent to an activating group) is 2. The number of nitrogens with zero attached hydrogens (tertiary/aromatic N) is 10. The molecule has 0 spiro atoms. The quantitative estimate of drug-likeness (QED) is 0.0988. The molecular formula is C63H70N14. The maximum Gasteiger partial charge on any atom is 0.138 e. The Balaban J connectivity index is 0.808. The van der Waals surface area contributed by atoms with Crippen molar-refractivity contribution in [2.45, 2.75) is 57.7 Å². The molecule has 9 aromatic rings. The Kier molecular flexibility index (Phi) is 12.8. The lowest BCUT2D eigenvalue weighted by molar-refractivity contribution is 0.220. The summed E-state index contributed by atoms with van der Waals surface area (Å²) in [4.78, 5) is 46.5. The van der Waals surface area contributed by atoms with Gasteiger partial charge in [0.2, 0.25) is 0 Å². The van der Waals surface area contributed by atoms with E-state index in [9.17, 15) is 0 Å². The Morgan fingerprint density at radius 1 is 0.597 bits per heavy atom. The van der Waals surface area contributed by atoms with Crippen molar-refractivity contribution in [2.24, 2.45) is 0 Å². The van der Waals surface area contributed by atoms with Crippen molar-refractivity contribution in [2.75, 3.05) is 108 Å². The van der Waals surface area contributed by atoms with E-state index in [1.165, 1.54) is 94.2 Å². The SMILES string of the molecule is CN1CCN(c2cccc3[nH]c(C4=CCNc5c4cc(-c4cncc(CN6CCCCC6)c4)cc5C4CN(c5nccc6[nH]c(-c7c[nH]c8ccc(-c9cncc(CN%10CCCCC%10)c9)nc78)cc56)CCN4C)cc23)CC1. The maximum absolute atomic E-state index is 5.30. The summed E-state index contributed by atoms with van der Waals surface area (Å²) in [5.74, 6) is 0.996. The molecule has 0 bridgehead atoms. The number of pyridine rings is 4. The van der Waals surface area contributed by atoms with Crippen molar-refractivity contribution in [3.05, 3.63) is 144 Å². The van der Waals surface area contributed by atoms with Gasteiger partial charge in [-0.2, -0.15) is 0 Å². The van der Waals surface area contributed by atoms with Crippen molar-refractivity contribution in [3.63, 3.8) is 0 Å². The van der Waals surface area contributed by atoms with Crippen molar-refractivity contribution in [3.8, 4) is 33.6 Å². The van der Waals surface area contributed by atoms with Crippen LogP contribution in [0.2, 0.25) is 0 Å². The molecule has 5 aliphatic heterocycles. The number of piperazine rings is 2. The highest BCUT2D eigenvalue weighted by Gasteiger charge is 2.33. The summed E-state index contributed by atoms with van der Waals surface area (Å²) in [6, 6.07) is 27.4. The van der Waals surface area contributed by atoms with Crippen LogP contribution < -0.4 is 15.1 Å². The van der Waals surface area contributed by atoms with Gasteiger partial charge < -0.3 is 35.0 Å². The van der Waals surface area contributed by atoms with Crippen molar-refractivity contribution >= 4 is 55.6 Å². The molecule has 0 aliphatic carbocycles. The number of piperidine rings is 2. The van der Waals surface area contributed by atoms with E-state index in [1.807, 2.05) is 18.6 Å². The highest BCUT2D eigenvalue weighted by molar-refractivity contribution is 6.01. The molecule has 2 aromatic carbocycles. The number of anilines is 3. The van der Waals surface area contributed by atoms with E-state index in [0.29, 0.717) is 0 Å². The van der Waals surface area contributed by atoms with E-state index in [4.69, 9.17) is 15.0 Å². The second kappa shape index (κ2) is 20.5. The Morgan fingerprint density at radius 2 is 1.31 bits per heavy atom. The van der Waals surface area contributed by atoms with E-state index in [1.54, 1.807) is 0 Å². The third-order valence-corrected chi connectivity index (χ3v) is 17.4. The molecule has 4 fully saturated rings. The molecule has 5 aliphatic rings. The van der Waals surface area contributed by atoms with E-state index in [2.05, 4.69) is 166 Å². The Labute approximate surface area is 451 Å². The van der Waals surface area contributed by atoms with Crippen molar-refractivity contribution < 1.29 is 0 Å². The minimum absolute atomic E-state index is 0.0693. The zero-order valence-corrected chi connectivity index (χ0v) is 44.7. The number of benzene rings is 2. The van der Waals surface area contributed by atoms with Crippen LogP contribution in [0.1, 0.15) is 72.5 Å². The van der Waals surface area contributed by atoms with Crippen molar-refractivity contribution in [1.82, 2.24) is 54.5 Å². The molecule has 4 N–H and O–H groups in total. The molecule has 1 unspecified atom stereocenters. The highest BCUT2D eigenvalue weighted by atomic mass is 15.3. The number of hydrogen-bond donors (Lipinski definition) is 4. The molecule has 1 atom stereocenters. The Morgan fingerprint density at radius 3 is 2.10 bits per heavy atom. The summed E-state index contributed by atoms with van der Waals surface area (Å²) in [7, 11) is 4.52. The number of H-pyrrole nitrogens is 3. The normalized spacial score (nSPS) is 19.3. The molecule has 4 saturated heterocycles. The first-order valence-electron chi connectivity index (χ1n) is 28.3. The first kappa shape index (κ1) is 48.0. The summed E-state index contributed by atoms with van der Waals surface area (Å²) < 4.78 is 0. The van der Waals surface area contributed by atoms with Gasteiger partial charge in [0.05, 0.1) is 34.0 Å². The summed E-state index contributed by atoms with van der Waals surface area (Å²) in [5.41, 5.74) is 20.4. The fraction of sp³-hybridized carbons (Fsp3) is 0.365. The third-order valence-electron chi connectivity index (χ3n) is 17.4. The zero-order valence-electron chi connectivity index (χ0n) is 44.7. The minimum atomic E-state index is 0.0693. The molecule has 0 radical (unpaired) electrons. The van der Waals surface area contributed by atoms with E-state index >= 15 is 0 Å². The van der Waals surface area contributed by atoms with Crippen molar-refractivity contribution in [1.29, 1.82) is 0 Å². The van der Waals surface area contributed by atoms with Gasteiger partial charge in [-0.25, -0.2) is 9.97 Å². The lowest BCUT2D eigenvalue weighted by atomic mass is 9.87. The largest absolute Gasteiger partial charge is 0.381 e. The molecule has 14 nitrogen and oxygen atoms in total. The summed E-state index contributed by atoms with van der Waals surface area (Å²) in [6.07, 6.45) is 22.3. The summed E-state index contributed by atoms with van der Waals surface area (Å²) >= 11 is 0. The molecule has 14 rings (SSSR count). The number of hydrogen-bond acceptors (Lipinski definition) is 11. The van der Waals surface area contributed by atoms with Gasteiger partial charge in [-0.1, -0.05) is 25.0 Å². The van der Waals surface area contributed by atoms with Crippen LogP contribution in [0.15, 0.2) is 116 Å². The monoisotopic (exact) mass is 1020 g/mol. The van der Waals surface area contributed by atoms with Gasteiger partial charge in [0.15, 0.2) is 0 Å². The number of likely N-dealkylation sites (tertiary alicyclic amines) is 2. The molecule has 392 valence electrons. The van der Waals surface area contributed by atoms with Gasteiger partial charge in [0.1, 0.15) is 5.82 Å². The number of aromatic nitrogens is 7. The fourth-order valence-corrected chi connectivity index (χ4v) is 13.1. The predicted molar refractivity (Wildman–Crippen MR) is 314 cm³/mol. The van der Waals surface area contributed by atoms with Crippen LogP contribution in [0.5, 0.6) is 0 Å². The molecule has 0 amide bonds. The number of fused-ring (bicyclic) bond motifs is 4. The number of rotatable bonds is 11. The van der Waals surface area contributed by atoms with Gasteiger partial charge in [0.25, 0.3) is 0 Å². The van der Waals surface area contributed by atoms with Crippen LogP contribution in [0.25, 0.3) is 72.1 Å². The van der Waals surface area contributed by atoms with E-state index in [0.717, 1.165) is 153 Å². The average molecular weight is 1020 g/mol. The second-order valence-electron chi connectivity index (χ2n) is 22.6. The minimum Gasteiger partial charge on any atom is -0.381 e. The van der Waals surface area contributed by atoms with Gasteiger partial charge in [0, 0.05) is 164 Å². The number of aromatic amines is 3. The average Bonchev–Trinajstić information content (AvgIpc) is 4.27. The van der Waals surface area contributed by atoms with Gasteiger partial charge >= 0.3 is 0 Å². The summed E-state index contributed by atoms with van der Waals surface area (Å²) in [5, 5.41) is 6.33. The lowest BCUT2D eigenvalue weighted by Crippen LogP contribution is -2.47. The van der Waals surface area contributed by atoms with Crippen LogP contribution in [0, 0.1) is 0 Å². The fourth-order valence-electron chi connectivity index (χ4n) is 13.1. The van der Waals surface area contributed by atoms with Crippen LogP contribution in [0.3, 0.4) is 0 Å². The lowest BCUT2D eigenvalue weighted by Gasteiger charge is -2.42.